The smallest absolute Gasteiger partial charge is 0.251 e. The van der Waals surface area contributed by atoms with Crippen molar-refractivity contribution in [1.29, 1.82) is 0 Å². The fourth-order valence-electron chi connectivity index (χ4n) is 1.43. The summed E-state index contributed by atoms with van der Waals surface area (Å²) < 4.78 is 26.2. The highest BCUT2D eigenvalue weighted by Crippen LogP contribution is 2.11. The van der Waals surface area contributed by atoms with E-state index in [1.807, 2.05) is 0 Å². The number of hydrogen-bond donors (Lipinski definition) is 2. The van der Waals surface area contributed by atoms with Crippen molar-refractivity contribution in [3.8, 4) is 0 Å². The molecular weight excluding hydrogens is 264 g/mol. The Morgan fingerprint density at radius 1 is 1.32 bits per heavy atom. The second-order valence-corrected chi connectivity index (χ2v) is 6.01. The lowest BCUT2D eigenvalue weighted by Crippen LogP contribution is -2.30. The molecule has 0 bridgehead atoms. The van der Waals surface area contributed by atoms with Gasteiger partial charge in [-0.15, -0.1) is 6.58 Å². The van der Waals surface area contributed by atoms with Crippen LogP contribution in [-0.4, -0.2) is 26.9 Å². The van der Waals surface area contributed by atoms with Crippen LogP contribution in [0, 0.1) is 0 Å². The molecule has 0 aliphatic heterocycles. The molecule has 0 aromatic heterocycles. The van der Waals surface area contributed by atoms with Crippen molar-refractivity contribution in [3.05, 3.63) is 42.5 Å². The van der Waals surface area contributed by atoms with E-state index in [0.717, 1.165) is 0 Å². The maximum Gasteiger partial charge on any atom is 0.251 e. The summed E-state index contributed by atoms with van der Waals surface area (Å²) in [6.45, 7) is 7.36. The Morgan fingerprint density at radius 2 is 1.89 bits per heavy atom. The highest BCUT2D eigenvalue weighted by atomic mass is 32.2. The third kappa shape index (κ3) is 4.50. The molecule has 0 fully saturated rings. The second kappa shape index (κ2) is 6.49. The van der Waals surface area contributed by atoms with Gasteiger partial charge in [0.05, 0.1) is 4.90 Å². The Bertz CT molecular complexity index is 548. The van der Waals surface area contributed by atoms with Crippen molar-refractivity contribution in [1.82, 2.24) is 10.0 Å². The molecule has 1 amide bonds. The van der Waals surface area contributed by atoms with Crippen molar-refractivity contribution in [2.75, 3.05) is 6.54 Å². The third-order valence-corrected chi connectivity index (χ3v) is 3.90. The number of carbonyl (C=O) groups excluding carboxylic acids is 1. The molecule has 1 aromatic rings. The molecule has 1 rings (SSSR count). The normalized spacial score (nSPS) is 11.3. The van der Waals surface area contributed by atoms with Crippen molar-refractivity contribution >= 4 is 15.9 Å². The van der Waals surface area contributed by atoms with Crippen LogP contribution in [0.5, 0.6) is 0 Å². The maximum atomic E-state index is 11.9. The van der Waals surface area contributed by atoms with Crippen LogP contribution in [0.4, 0.5) is 0 Å². The predicted octanol–water partition coefficient (Wildman–Crippen LogP) is 1.29. The average molecular weight is 282 g/mol. The topological polar surface area (TPSA) is 75.3 Å². The number of carbonyl (C=O) groups is 1. The van der Waals surface area contributed by atoms with Gasteiger partial charge in [0.25, 0.3) is 5.91 Å². The van der Waals surface area contributed by atoms with E-state index in [1.54, 1.807) is 19.9 Å². The molecule has 0 unspecified atom stereocenters. The largest absolute Gasteiger partial charge is 0.349 e. The van der Waals surface area contributed by atoms with Gasteiger partial charge in [-0.3, -0.25) is 4.79 Å². The van der Waals surface area contributed by atoms with Crippen LogP contribution >= 0.6 is 0 Å². The summed E-state index contributed by atoms with van der Waals surface area (Å²) in [5.74, 6) is -0.263. The lowest BCUT2D eigenvalue weighted by molar-refractivity contribution is 0.0958. The number of hydrogen-bond acceptors (Lipinski definition) is 3. The predicted molar refractivity (Wildman–Crippen MR) is 74.4 cm³/mol. The van der Waals surface area contributed by atoms with Gasteiger partial charge in [0, 0.05) is 18.2 Å². The molecule has 0 heterocycles. The summed E-state index contributed by atoms with van der Waals surface area (Å²) in [5, 5.41) is 2.62. The molecular formula is C13H18N2O3S. The summed E-state index contributed by atoms with van der Waals surface area (Å²) in [5.41, 5.74) is 0.408. The summed E-state index contributed by atoms with van der Waals surface area (Å²) in [6, 6.07) is 5.60. The molecule has 0 atom stereocenters. The van der Waals surface area contributed by atoms with Crippen LogP contribution in [0.15, 0.2) is 41.8 Å². The third-order valence-electron chi connectivity index (χ3n) is 2.22. The zero-order valence-electron chi connectivity index (χ0n) is 11.0. The Balaban J connectivity index is 2.87. The van der Waals surface area contributed by atoms with Crippen molar-refractivity contribution < 1.29 is 13.2 Å². The van der Waals surface area contributed by atoms with Gasteiger partial charge in [0.2, 0.25) is 10.0 Å². The Hall–Kier alpha value is -1.66. The molecule has 0 aliphatic rings. The quantitative estimate of drug-likeness (QED) is 0.772. The van der Waals surface area contributed by atoms with Gasteiger partial charge in [0.15, 0.2) is 0 Å². The summed E-state index contributed by atoms with van der Waals surface area (Å²) in [7, 11) is -3.52. The monoisotopic (exact) mass is 282 g/mol. The molecule has 0 spiro atoms. The SMILES string of the molecule is C=CCNC(=O)c1ccc(S(=O)(=O)NC(C)C)cc1. The number of rotatable bonds is 6. The highest BCUT2D eigenvalue weighted by Gasteiger charge is 2.15. The second-order valence-electron chi connectivity index (χ2n) is 4.30. The standard InChI is InChI=1S/C13H18N2O3S/c1-4-9-14-13(16)11-5-7-12(8-6-11)19(17,18)15-10(2)3/h4-8,10,15H,1,9H2,2-3H3,(H,14,16). The molecule has 0 saturated heterocycles. The zero-order chi connectivity index (χ0) is 14.5. The van der Waals surface area contributed by atoms with Gasteiger partial charge in [-0.2, -0.15) is 0 Å². The van der Waals surface area contributed by atoms with Crippen molar-refractivity contribution in [2.45, 2.75) is 24.8 Å². The van der Waals surface area contributed by atoms with Gasteiger partial charge < -0.3 is 5.32 Å². The average Bonchev–Trinajstić information content (AvgIpc) is 2.34. The van der Waals surface area contributed by atoms with Crippen LogP contribution in [-0.2, 0) is 10.0 Å². The van der Waals surface area contributed by atoms with E-state index in [1.165, 1.54) is 24.3 Å². The molecule has 104 valence electrons. The minimum atomic E-state index is -3.52. The fraction of sp³-hybridized carbons (Fsp3) is 0.308. The zero-order valence-corrected chi connectivity index (χ0v) is 11.8. The molecule has 6 heteroatoms. The number of amides is 1. The lowest BCUT2D eigenvalue weighted by atomic mass is 10.2. The Labute approximate surface area is 113 Å². The van der Waals surface area contributed by atoms with Crippen LogP contribution in [0.1, 0.15) is 24.2 Å². The molecule has 0 aliphatic carbocycles. The molecule has 0 radical (unpaired) electrons. The van der Waals surface area contributed by atoms with Crippen molar-refractivity contribution in [3.63, 3.8) is 0 Å². The van der Waals surface area contributed by atoms with E-state index < -0.39 is 10.0 Å². The minimum absolute atomic E-state index is 0.140. The molecule has 2 N–H and O–H groups in total. The fourth-order valence-corrected chi connectivity index (χ4v) is 2.68. The molecule has 0 saturated carbocycles. The molecule has 5 nitrogen and oxygen atoms in total. The molecule has 19 heavy (non-hydrogen) atoms. The maximum absolute atomic E-state index is 11.9. The Kier molecular flexibility index (Phi) is 5.26. The van der Waals surface area contributed by atoms with Gasteiger partial charge in [-0.05, 0) is 38.1 Å². The van der Waals surface area contributed by atoms with Crippen LogP contribution < -0.4 is 10.0 Å². The summed E-state index contributed by atoms with van der Waals surface area (Å²) in [6.07, 6.45) is 1.57. The van der Waals surface area contributed by atoms with E-state index in [9.17, 15) is 13.2 Å². The van der Waals surface area contributed by atoms with Gasteiger partial charge >= 0.3 is 0 Å². The number of sulfonamides is 1. The van der Waals surface area contributed by atoms with E-state index in [4.69, 9.17) is 0 Å². The minimum Gasteiger partial charge on any atom is -0.349 e. The first-order valence-corrected chi connectivity index (χ1v) is 7.36. The van der Waals surface area contributed by atoms with Crippen LogP contribution in [0.3, 0.4) is 0 Å². The first-order chi connectivity index (χ1) is 8.86. The summed E-state index contributed by atoms with van der Waals surface area (Å²) in [4.78, 5) is 11.8. The van der Waals surface area contributed by atoms with E-state index in [-0.39, 0.29) is 16.8 Å². The number of benzene rings is 1. The Morgan fingerprint density at radius 3 is 2.37 bits per heavy atom. The van der Waals surface area contributed by atoms with Gasteiger partial charge in [0.1, 0.15) is 0 Å². The van der Waals surface area contributed by atoms with E-state index >= 15 is 0 Å². The van der Waals surface area contributed by atoms with E-state index in [0.29, 0.717) is 12.1 Å². The van der Waals surface area contributed by atoms with Crippen LogP contribution in [0.2, 0.25) is 0 Å². The first kappa shape index (κ1) is 15.4. The van der Waals surface area contributed by atoms with E-state index in [2.05, 4.69) is 16.6 Å². The molecule has 1 aromatic carbocycles. The van der Waals surface area contributed by atoms with Crippen LogP contribution in [0.25, 0.3) is 0 Å². The highest BCUT2D eigenvalue weighted by molar-refractivity contribution is 7.89. The summed E-state index contributed by atoms with van der Waals surface area (Å²) >= 11 is 0. The number of nitrogens with one attached hydrogen (secondary N) is 2. The van der Waals surface area contributed by atoms with Gasteiger partial charge in [-0.25, -0.2) is 13.1 Å². The first-order valence-electron chi connectivity index (χ1n) is 5.88. The van der Waals surface area contributed by atoms with Crippen molar-refractivity contribution in [2.24, 2.45) is 0 Å². The van der Waals surface area contributed by atoms with Gasteiger partial charge in [-0.1, -0.05) is 6.08 Å². The lowest BCUT2D eigenvalue weighted by Gasteiger charge is -2.10.